The minimum absolute atomic E-state index is 0.276. The maximum atomic E-state index is 13.4. The van der Waals surface area contributed by atoms with Gasteiger partial charge < -0.3 is 5.11 Å². The minimum atomic E-state index is -0.832. The Kier molecular flexibility index (Phi) is 3.71. The van der Waals surface area contributed by atoms with Crippen LogP contribution >= 0.6 is 0 Å². The number of rotatable bonds is 3. The molecule has 1 aliphatic heterocycles. The van der Waals surface area contributed by atoms with Crippen LogP contribution in [0.15, 0.2) is 48.5 Å². The highest BCUT2D eigenvalue weighted by molar-refractivity contribution is 5.74. The first kappa shape index (κ1) is 13.8. The van der Waals surface area contributed by atoms with Crippen molar-refractivity contribution in [3.8, 4) is 0 Å². The van der Waals surface area contributed by atoms with Crippen molar-refractivity contribution in [2.45, 2.75) is 25.6 Å². The van der Waals surface area contributed by atoms with E-state index in [0.717, 1.165) is 16.7 Å². The van der Waals surface area contributed by atoms with E-state index in [4.69, 9.17) is 0 Å². The van der Waals surface area contributed by atoms with Gasteiger partial charge in [0.2, 0.25) is 0 Å². The Hall–Kier alpha value is -2.20. The van der Waals surface area contributed by atoms with Crippen LogP contribution in [0.1, 0.15) is 16.7 Å². The molecule has 0 amide bonds. The lowest BCUT2D eigenvalue weighted by Crippen LogP contribution is -2.45. The van der Waals surface area contributed by atoms with E-state index in [9.17, 15) is 14.3 Å². The molecule has 3 rings (SSSR count). The molecule has 0 saturated heterocycles. The molecule has 0 bridgehead atoms. The fourth-order valence-corrected chi connectivity index (χ4v) is 2.83. The number of carbonyl (C=O) groups is 1. The Labute approximate surface area is 122 Å². The molecular weight excluding hydrogens is 269 g/mol. The average Bonchev–Trinajstić information content (AvgIpc) is 2.47. The topological polar surface area (TPSA) is 40.5 Å². The zero-order valence-electron chi connectivity index (χ0n) is 11.5. The summed E-state index contributed by atoms with van der Waals surface area (Å²) < 4.78 is 13.4. The Balaban J connectivity index is 1.89. The van der Waals surface area contributed by atoms with Gasteiger partial charge in [-0.3, -0.25) is 9.69 Å². The van der Waals surface area contributed by atoms with Crippen molar-refractivity contribution < 1.29 is 14.3 Å². The zero-order valence-corrected chi connectivity index (χ0v) is 11.5. The number of fused-ring (bicyclic) bond motifs is 1. The molecule has 1 N–H and O–H groups in total. The summed E-state index contributed by atoms with van der Waals surface area (Å²) in [7, 11) is 0. The highest BCUT2D eigenvalue weighted by atomic mass is 19.1. The molecule has 0 saturated carbocycles. The van der Waals surface area contributed by atoms with Crippen LogP contribution in [-0.4, -0.2) is 22.0 Å². The molecular formula is C17H16FNO2. The first-order chi connectivity index (χ1) is 10.1. The van der Waals surface area contributed by atoms with E-state index < -0.39 is 12.0 Å². The van der Waals surface area contributed by atoms with Gasteiger partial charge in [0.05, 0.1) is 0 Å². The number of carboxylic acid groups (broad SMARTS) is 1. The van der Waals surface area contributed by atoms with Gasteiger partial charge in [0, 0.05) is 13.1 Å². The Bertz CT molecular complexity index is 657. The van der Waals surface area contributed by atoms with Crippen molar-refractivity contribution in [2.75, 3.05) is 0 Å². The predicted octanol–water partition coefficient (Wildman–Crippen LogP) is 2.84. The normalized spacial score (nSPS) is 18.2. The molecule has 0 unspecified atom stereocenters. The van der Waals surface area contributed by atoms with Crippen LogP contribution in [0.5, 0.6) is 0 Å². The lowest BCUT2D eigenvalue weighted by molar-refractivity contribution is -0.144. The molecule has 4 heteroatoms. The van der Waals surface area contributed by atoms with Crippen molar-refractivity contribution >= 4 is 5.97 Å². The number of aliphatic carboxylic acids is 1. The molecule has 1 atom stereocenters. The monoisotopic (exact) mass is 285 g/mol. The number of hydrogen-bond donors (Lipinski definition) is 1. The zero-order chi connectivity index (χ0) is 14.8. The van der Waals surface area contributed by atoms with Crippen LogP contribution in [0, 0.1) is 5.82 Å². The third-order valence-electron chi connectivity index (χ3n) is 3.91. The van der Waals surface area contributed by atoms with Gasteiger partial charge in [-0.1, -0.05) is 36.4 Å². The quantitative estimate of drug-likeness (QED) is 0.942. The number of nitrogens with zero attached hydrogens (tertiary/aromatic N) is 1. The number of hydrogen-bond acceptors (Lipinski definition) is 2. The molecule has 2 aromatic rings. The van der Waals surface area contributed by atoms with Gasteiger partial charge in [0.15, 0.2) is 0 Å². The number of carboxylic acids is 1. The second-order valence-corrected chi connectivity index (χ2v) is 5.36. The maximum absolute atomic E-state index is 13.4. The predicted molar refractivity (Wildman–Crippen MR) is 77.2 cm³/mol. The van der Waals surface area contributed by atoms with Crippen LogP contribution < -0.4 is 0 Å². The number of benzene rings is 2. The Morgan fingerprint density at radius 1 is 1.19 bits per heavy atom. The van der Waals surface area contributed by atoms with E-state index in [2.05, 4.69) is 0 Å². The van der Waals surface area contributed by atoms with E-state index >= 15 is 0 Å². The molecule has 108 valence electrons. The van der Waals surface area contributed by atoms with Gasteiger partial charge >= 0.3 is 5.97 Å². The van der Waals surface area contributed by atoms with Crippen LogP contribution in [0.2, 0.25) is 0 Å². The van der Waals surface area contributed by atoms with Crippen molar-refractivity contribution in [3.05, 3.63) is 71.0 Å². The average molecular weight is 285 g/mol. The summed E-state index contributed by atoms with van der Waals surface area (Å²) in [6.45, 7) is 1.01. The third kappa shape index (κ3) is 2.95. The standard InChI is InChI=1S/C17H16FNO2/c18-15-7-6-13-9-16(17(20)21)19(11-14(13)8-15)10-12-4-2-1-3-5-12/h1-8,16H,9-11H2,(H,20,21)/t16-/m1/s1. The fourth-order valence-electron chi connectivity index (χ4n) is 2.83. The molecule has 0 spiro atoms. The summed E-state index contributed by atoms with van der Waals surface area (Å²) in [6.07, 6.45) is 0.414. The van der Waals surface area contributed by atoms with Crippen LogP contribution in [0.4, 0.5) is 4.39 Å². The van der Waals surface area contributed by atoms with E-state index in [1.54, 1.807) is 6.07 Å². The van der Waals surface area contributed by atoms with Crippen LogP contribution in [0.3, 0.4) is 0 Å². The van der Waals surface area contributed by atoms with Gasteiger partial charge in [-0.25, -0.2) is 4.39 Å². The summed E-state index contributed by atoms with van der Waals surface area (Å²) in [5, 5.41) is 9.45. The van der Waals surface area contributed by atoms with E-state index in [1.165, 1.54) is 12.1 Å². The van der Waals surface area contributed by atoms with E-state index in [-0.39, 0.29) is 5.82 Å². The number of halogens is 1. The summed E-state index contributed by atoms with van der Waals surface area (Å²) in [5.74, 6) is -1.11. The van der Waals surface area contributed by atoms with Crippen molar-refractivity contribution in [3.63, 3.8) is 0 Å². The highest BCUT2D eigenvalue weighted by Gasteiger charge is 2.31. The summed E-state index contributed by atoms with van der Waals surface area (Å²) >= 11 is 0. The molecule has 1 aliphatic rings. The van der Waals surface area contributed by atoms with Gasteiger partial charge in [-0.2, -0.15) is 0 Å². The largest absolute Gasteiger partial charge is 0.480 e. The summed E-state index contributed by atoms with van der Waals surface area (Å²) in [6, 6.07) is 13.8. The first-order valence-electron chi connectivity index (χ1n) is 6.91. The second kappa shape index (κ2) is 5.66. The molecule has 0 aliphatic carbocycles. The van der Waals surface area contributed by atoms with E-state index in [1.807, 2.05) is 35.2 Å². The fraction of sp³-hybridized carbons (Fsp3) is 0.235. The minimum Gasteiger partial charge on any atom is -0.480 e. The van der Waals surface area contributed by atoms with Crippen LogP contribution in [-0.2, 0) is 24.3 Å². The van der Waals surface area contributed by atoms with Gasteiger partial charge in [-0.15, -0.1) is 0 Å². The molecule has 21 heavy (non-hydrogen) atoms. The highest BCUT2D eigenvalue weighted by Crippen LogP contribution is 2.26. The molecule has 1 heterocycles. The SMILES string of the molecule is O=C(O)[C@H]1Cc2ccc(F)cc2CN1Cc1ccccc1. The van der Waals surface area contributed by atoms with E-state index in [0.29, 0.717) is 19.5 Å². The summed E-state index contributed by atoms with van der Waals surface area (Å²) in [4.78, 5) is 13.4. The molecule has 0 fully saturated rings. The molecule has 0 aromatic heterocycles. The lowest BCUT2D eigenvalue weighted by Gasteiger charge is -2.34. The van der Waals surface area contributed by atoms with Crippen molar-refractivity contribution in [1.29, 1.82) is 0 Å². The van der Waals surface area contributed by atoms with Gasteiger partial charge in [-0.05, 0) is 35.2 Å². The summed E-state index contributed by atoms with van der Waals surface area (Å²) in [5.41, 5.74) is 2.86. The lowest BCUT2D eigenvalue weighted by atomic mass is 9.93. The second-order valence-electron chi connectivity index (χ2n) is 5.36. The van der Waals surface area contributed by atoms with Gasteiger partial charge in [0.1, 0.15) is 11.9 Å². The van der Waals surface area contributed by atoms with Crippen LogP contribution in [0.25, 0.3) is 0 Å². The van der Waals surface area contributed by atoms with Crippen molar-refractivity contribution in [2.24, 2.45) is 0 Å². The first-order valence-corrected chi connectivity index (χ1v) is 6.91. The molecule has 2 aromatic carbocycles. The van der Waals surface area contributed by atoms with Gasteiger partial charge in [0.25, 0.3) is 0 Å². The smallest absolute Gasteiger partial charge is 0.321 e. The Morgan fingerprint density at radius 2 is 1.95 bits per heavy atom. The third-order valence-corrected chi connectivity index (χ3v) is 3.91. The van der Waals surface area contributed by atoms with Crippen molar-refractivity contribution in [1.82, 2.24) is 4.90 Å². The molecule has 3 nitrogen and oxygen atoms in total. The molecule has 0 radical (unpaired) electrons. The maximum Gasteiger partial charge on any atom is 0.321 e. The Morgan fingerprint density at radius 3 is 2.67 bits per heavy atom.